The molecular formula is C19H22BrNO3. The van der Waals surface area contributed by atoms with E-state index >= 15 is 0 Å². The van der Waals surface area contributed by atoms with Gasteiger partial charge >= 0.3 is 6.09 Å². The van der Waals surface area contributed by atoms with Gasteiger partial charge in [0.15, 0.2) is 0 Å². The Balaban J connectivity index is 1.81. The van der Waals surface area contributed by atoms with E-state index in [0.717, 1.165) is 21.3 Å². The molecule has 0 fully saturated rings. The lowest BCUT2D eigenvalue weighted by Gasteiger charge is -2.19. The Hall–Kier alpha value is -2.01. The lowest BCUT2D eigenvalue weighted by Crippen LogP contribution is -2.34. The summed E-state index contributed by atoms with van der Waals surface area (Å²) in [5.41, 5.74) is 1.75. The molecule has 5 heteroatoms. The highest BCUT2D eigenvalue weighted by Gasteiger charge is 2.15. The van der Waals surface area contributed by atoms with Crippen molar-refractivity contribution in [2.45, 2.75) is 26.4 Å². The number of hydrogen-bond acceptors (Lipinski definition) is 3. The number of carbonyl (C=O) groups is 1. The molecule has 2 rings (SSSR count). The Labute approximate surface area is 151 Å². The van der Waals surface area contributed by atoms with E-state index in [-0.39, 0.29) is 0 Å². The number of nitrogens with one attached hydrogen (secondary N) is 1. The SMILES string of the molecule is CC(C)(C)OC(=O)NCCOc1ccc(-c2ccccc2Br)cc1. The summed E-state index contributed by atoms with van der Waals surface area (Å²) in [6.45, 7) is 6.26. The first-order chi connectivity index (χ1) is 11.3. The van der Waals surface area contributed by atoms with Crippen molar-refractivity contribution in [1.82, 2.24) is 5.32 Å². The number of carbonyl (C=O) groups excluding carboxylic acids is 1. The number of rotatable bonds is 5. The van der Waals surface area contributed by atoms with Crippen LogP contribution in [-0.2, 0) is 4.74 Å². The number of benzene rings is 2. The van der Waals surface area contributed by atoms with Crippen molar-refractivity contribution in [3.63, 3.8) is 0 Å². The predicted molar refractivity (Wildman–Crippen MR) is 99.3 cm³/mol. The van der Waals surface area contributed by atoms with Crippen molar-refractivity contribution in [2.75, 3.05) is 13.2 Å². The molecular weight excluding hydrogens is 370 g/mol. The van der Waals surface area contributed by atoms with E-state index in [1.54, 1.807) is 0 Å². The van der Waals surface area contributed by atoms with E-state index in [9.17, 15) is 4.79 Å². The summed E-state index contributed by atoms with van der Waals surface area (Å²) < 4.78 is 11.8. The molecule has 24 heavy (non-hydrogen) atoms. The lowest BCUT2D eigenvalue weighted by atomic mass is 10.1. The zero-order chi connectivity index (χ0) is 17.6. The second kappa shape index (κ2) is 8.20. The Morgan fingerprint density at radius 3 is 2.38 bits per heavy atom. The molecule has 0 aromatic heterocycles. The summed E-state index contributed by atoms with van der Waals surface area (Å²) in [5.74, 6) is 0.761. The van der Waals surface area contributed by atoms with Gasteiger partial charge in [-0.05, 0) is 50.1 Å². The van der Waals surface area contributed by atoms with Crippen molar-refractivity contribution in [3.05, 3.63) is 53.0 Å². The third kappa shape index (κ3) is 5.89. The maximum Gasteiger partial charge on any atom is 0.407 e. The number of amides is 1. The van der Waals surface area contributed by atoms with E-state index in [1.165, 1.54) is 0 Å². The minimum Gasteiger partial charge on any atom is -0.492 e. The molecule has 0 heterocycles. The van der Waals surface area contributed by atoms with Crippen LogP contribution in [0.15, 0.2) is 53.0 Å². The summed E-state index contributed by atoms with van der Waals surface area (Å²) in [6.07, 6.45) is -0.435. The van der Waals surface area contributed by atoms with Crippen LogP contribution < -0.4 is 10.1 Å². The first kappa shape index (κ1) is 18.3. The van der Waals surface area contributed by atoms with Gasteiger partial charge in [0.1, 0.15) is 18.0 Å². The highest BCUT2D eigenvalue weighted by molar-refractivity contribution is 9.10. The van der Waals surface area contributed by atoms with Crippen LogP contribution in [-0.4, -0.2) is 24.8 Å². The molecule has 128 valence electrons. The van der Waals surface area contributed by atoms with Crippen LogP contribution >= 0.6 is 15.9 Å². The van der Waals surface area contributed by atoms with Crippen molar-refractivity contribution >= 4 is 22.0 Å². The smallest absolute Gasteiger partial charge is 0.407 e. The Bertz CT molecular complexity index is 678. The van der Waals surface area contributed by atoms with E-state index < -0.39 is 11.7 Å². The normalized spacial score (nSPS) is 11.0. The van der Waals surface area contributed by atoms with Crippen molar-refractivity contribution < 1.29 is 14.3 Å². The molecule has 1 N–H and O–H groups in total. The maximum atomic E-state index is 11.5. The van der Waals surface area contributed by atoms with Gasteiger partial charge in [-0.2, -0.15) is 0 Å². The topological polar surface area (TPSA) is 47.6 Å². The standard InChI is InChI=1S/C19H22BrNO3/c1-19(2,3)24-18(22)21-12-13-23-15-10-8-14(9-11-15)16-6-4-5-7-17(16)20/h4-11H,12-13H2,1-3H3,(H,21,22). The molecule has 4 nitrogen and oxygen atoms in total. The van der Waals surface area contributed by atoms with Gasteiger partial charge in [0, 0.05) is 4.47 Å². The fourth-order valence-electron chi connectivity index (χ4n) is 2.06. The monoisotopic (exact) mass is 391 g/mol. The third-order valence-electron chi connectivity index (χ3n) is 3.08. The van der Waals surface area contributed by atoms with Crippen LogP contribution in [0.3, 0.4) is 0 Å². The van der Waals surface area contributed by atoms with Crippen molar-refractivity contribution in [2.24, 2.45) is 0 Å². The van der Waals surface area contributed by atoms with Gasteiger partial charge in [0.05, 0.1) is 6.54 Å². The second-order valence-corrected chi connectivity index (χ2v) is 7.14. The lowest BCUT2D eigenvalue weighted by molar-refractivity contribution is 0.0520. The van der Waals surface area contributed by atoms with E-state index in [0.29, 0.717) is 13.2 Å². The quantitative estimate of drug-likeness (QED) is 0.727. The number of hydrogen-bond donors (Lipinski definition) is 1. The first-order valence-corrected chi connectivity index (χ1v) is 8.59. The Morgan fingerprint density at radius 1 is 1.08 bits per heavy atom. The number of alkyl carbamates (subject to hydrolysis) is 1. The van der Waals surface area contributed by atoms with E-state index in [2.05, 4.69) is 27.3 Å². The molecule has 0 spiro atoms. The van der Waals surface area contributed by atoms with Gasteiger partial charge in [-0.25, -0.2) is 4.79 Å². The van der Waals surface area contributed by atoms with Crippen LogP contribution in [0.4, 0.5) is 4.79 Å². The zero-order valence-electron chi connectivity index (χ0n) is 14.1. The number of ether oxygens (including phenoxy) is 2. The summed E-state index contributed by atoms with van der Waals surface area (Å²) in [7, 11) is 0. The highest BCUT2D eigenvalue weighted by atomic mass is 79.9. The summed E-state index contributed by atoms with van der Waals surface area (Å²) in [4.78, 5) is 11.5. The molecule has 0 aliphatic carbocycles. The molecule has 0 radical (unpaired) electrons. The zero-order valence-corrected chi connectivity index (χ0v) is 15.7. The molecule has 0 bridgehead atoms. The fraction of sp³-hybridized carbons (Fsp3) is 0.316. The molecule has 0 unspecified atom stereocenters. The van der Waals surface area contributed by atoms with Gasteiger partial charge in [0.25, 0.3) is 0 Å². The average molecular weight is 392 g/mol. The summed E-state index contributed by atoms with van der Waals surface area (Å²) in [6, 6.07) is 15.9. The third-order valence-corrected chi connectivity index (χ3v) is 3.77. The van der Waals surface area contributed by atoms with Crippen molar-refractivity contribution in [3.8, 4) is 16.9 Å². The highest BCUT2D eigenvalue weighted by Crippen LogP contribution is 2.29. The molecule has 1 amide bonds. The molecule has 2 aromatic carbocycles. The Kier molecular flexibility index (Phi) is 6.26. The fourth-order valence-corrected chi connectivity index (χ4v) is 2.58. The van der Waals surface area contributed by atoms with Gasteiger partial charge in [-0.1, -0.05) is 46.3 Å². The molecule has 0 atom stereocenters. The van der Waals surface area contributed by atoms with Gasteiger partial charge in [-0.15, -0.1) is 0 Å². The molecule has 0 aliphatic rings. The van der Waals surface area contributed by atoms with E-state index in [4.69, 9.17) is 9.47 Å². The van der Waals surface area contributed by atoms with Crippen LogP contribution in [0.5, 0.6) is 5.75 Å². The minimum atomic E-state index is -0.494. The second-order valence-electron chi connectivity index (χ2n) is 6.28. The van der Waals surface area contributed by atoms with Gasteiger partial charge < -0.3 is 14.8 Å². The Morgan fingerprint density at radius 2 is 1.75 bits per heavy atom. The van der Waals surface area contributed by atoms with Crippen LogP contribution in [0.2, 0.25) is 0 Å². The van der Waals surface area contributed by atoms with Crippen LogP contribution in [0, 0.1) is 0 Å². The van der Waals surface area contributed by atoms with Gasteiger partial charge in [-0.3, -0.25) is 0 Å². The average Bonchev–Trinajstić information content (AvgIpc) is 2.51. The largest absolute Gasteiger partial charge is 0.492 e. The summed E-state index contributed by atoms with van der Waals surface area (Å²) >= 11 is 3.55. The van der Waals surface area contributed by atoms with Crippen LogP contribution in [0.25, 0.3) is 11.1 Å². The molecule has 0 aliphatic heterocycles. The van der Waals surface area contributed by atoms with E-state index in [1.807, 2.05) is 63.2 Å². The molecule has 2 aromatic rings. The van der Waals surface area contributed by atoms with Crippen LogP contribution in [0.1, 0.15) is 20.8 Å². The van der Waals surface area contributed by atoms with Gasteiger partial charge in [0.2, 0.25) is 0 Å². The minimum absolute atomic E-state index is 0.383. The maximum absolute atomic E-state index is 11.5. The predicted octanol–water partition coefficient (Wildman–Crippen LogP) is 5.02. The first-order valence-electron chi connectivity index (χ1n) is 7.80. The summed E-state index contributed by atoms with van der Waals surface area (Å²) in [5, 5.41) is 2.66. The molecule has 0 saturated carbocycles. The van der Waals surface area contributed by atoms with Crippen molar-refractivity contribution in [1.29, 1.82) is 0 Å². The number of halogens is 1. The molecule has 0 saturated heterocycles.